The normalized spacial score (nSPS) is 17.9. The smallest absolute Gasteiger partial charge is 0.433 e. The van der Waals surface area contributed by atoms with Gasteiger partial charge >= 0.3 is 6.18 Å². The van der Waals surface area contributed by atoms with Gasteiger partial charge in [0.25, 0.3) is 10.2 Å². The average Bonchev–Trinajstić information content (AvgIpc) is 3.50. The van der Waals surface area contributed by atoms with Gasteiger partial charge in [0.2, 0.25) is 11.9 Å². The Kier molecular flexibility index (Phi) is 8.25. The molecule has 0 radical (unpaired) electrons. The highest BCUT2D eigenvalue weighted by molar-refractivity contribution is 7.86. The van der Waals surface area contributed by atoms with Gasteiger partial charge in [-0.2, -0.15) is 35.2 Å². The minimum atomic E-state index is -4.75. The number of imidazole rings is 1. The van der Waals surface area contributed by atoms with Crippen LogP contribution in [0.4, 0.5) is 19.0 Å². The largest absolute Gasteiger partial charge is 0.486 e. The van der Waals surface area contributed by atoms with Crippen LogP contribution in [0.2, 0.25) is 0 Å². The first-order valence-electron chi connectivity index (χ1n) is 13.0. The molecule has 1 atom stereocenters. The summed E-state index contributed by atoms with van der Waals surface area (Å²) >= 11 is 0. The summed E-state index contributed by atoms with van der Waals surface area (Å²) in [5, 5.41) is 2.79. The fraction of sp³-hybridized carbons (Fsp3) is 0.440. The number of anilines is 1. The second-order valence-corrected chi connectivity index (χ2v) is 11.9. The molecule has 17 heteroatoms. The minimum Gasteiger partial charge on any atom is -0.486 e. The van der Waals surface area contributed by atoms with Crippen molar-refractivity contribution in [1.82, 2.24) is 33.4 Å². The van der Waals surface area contributed by atoms with Crippen LogP contribution in [-0.2, 0) is 27.7 Å². The standard InChI is InChI=1S/C25H29F3N8O5S/c1-33(2)42(38,39)36-8-7-34(22-13-21(25(26,27)28)31-24(32-22)35-6-5-29-16-35)15-18(36)12-23(37)30-14-17-3-4-19-20(11-17)41-10-9-40-19/h3-6,11,13,16,18H,7-10,12,14-15H2,1-2H3,(H,30,37). The number of carbonyl (C=O) groups is 1. The summed E-state index contributed by atoms with van der Waals surface area (Å²) in [5.41, 5.74) is -0.406. The van der Waals surface area contributed by atoms with Crippen molar-refractivity contribution in [3.8, 4) is 17.4 Å². The summed E-state index contributed by atoms with van der Waals surface area (Å²) in [6, 6.07) is 5.20. The van der Waals surface area contributed by atoms with Crippen LogP contribution in [0.25, 0.3) is 5.95 Å². The lowest BCUT2D eigenvalue weighted by atomic mass is 10.1. The summed E-state index contributed by atoms with van der Waals surface area (Å²) in [5.74, 6) is 0.447. The van der Waals surface area contributed by atoms with Gasteiger partial charge in [-0.15, -0.1) is 0 Å². The van der Waals surface area contributed by atoms with Crippen molar-refractivity contribution in [3.63, 3.8) is 0 Å². The molecule has 3 aromatic rings. The molecule has 2 aromatic heterocycles. The van der Waals surface area contributed by atoms with Crippen molar-refractivity contribution >= 4 is 21.9 Å². The predicted molar refractivity (Wildman–Crippen MR) is 143 cm³/mol. The molecule has 0 bridgehead atoms. The monoisotopic (exact) mass is 610 g/mol. The van der Waals surface area contributed by atoms with Crippen molar-refractivity contribution in [2.75, 3.05) is 51.8 Å². The topological polar surface area (TPSA) is 135 Å². The molecule has 2 aliphatic rings. The van der Waals surface area contributed by atoms with Crippen molar-refractivity contribution < 1.29 is 35.9 Å². The molecule has 2 aliphatic heterocycles. The summed E-state index contributed by atoms with van der Waals surface area (Å²) in [7, 11) is -1.20. The van der Waals surface area contributed by atoms with E-state index in [1.165, 1.54) is 46.6 Å². The van der Waals surface area contributed by atoms with Crippen LogP contribution in [0, 0.1) is 0 Å². The molecule has 1 N–H and O–H groups in total. The zero-order valence-electron chi connectivity index (χ0n) is 22.8. The van der Waals surface area contributed by atoms with Crippen molar-refractivity contribution in [3.05, 3.63) is 54.2 Å². The zero-order chi connectivity index (χ0) is 30.1. The number of hydrogen-bond acceptors (Lipinski definition) is 9. The number of hydrogen-bond donors (Lipinski definition) is 1. The molecule has 13 nitrogen and oxygen atoms in total. The van der Waals surface area contributed by atoms with E-state index in [-0.39, 0.29) is 44.4 Å². The van der Waals surface area contributed by atoms with Crippen LogP contribution in [-0.4, -0.2) is 95.4 Å². The van der Waals surface area contributed by atoms with Crippen molar-refractivity contribution in [2.45, 2.75) is 25.2 Å². The molecule has 1 unspecified atom stereocenters. The van der Waals surface area contributed by atoms with E-state index < -0.39 is 34.0 Å². The van der Waals surface area contributed by atoms with E-state index in [0.29, 0.717) is 24.7 Å². The van der Waals surface area contributed by atoms with Gasteiger partial charge in [-0.25, -0.2) is 9.97 Å². The van der Waals surface area contributed by atoms with E-state index >= 15 is 0 Å². The second kappa shape index (κ2) is 11.7. The minimum absolute atomic E-state index is 0.0417. The van der Waals surface area contributed by atoms with Crippen LogP contribution in [0.5, 0.6) is 11.5 Å². The Morgan fingerprint density at radius 3 is 2.57 bits per heavy atom. The van der Waals surface area contributed by atoms with Crippen molar-refractivity contribution in [1.29, 1.82) is 0 Å². The van der Waals surface area contributed by atoms with E-state index in [0.717, 1.165) is 15.9 Å². The number of carbonyl (C=O) groups excluding carboxylic acids is 1. The lowest BCUT2D eigenvalue weighted by Gasteiger charge is -2.41. The van der Waals surface area contributed by atoms with Crippen molar-refractivity contribution in [2.24, 2.45) is 0 Å². The molecule has 1 fully saturated rings. The van der Waals surface area contributed by atoms with Gasteiger partial charge < -0.3 is 19.7 Å². The van der Waals surface area contributed by atoms with Crippen LogP contribution in [0.3, 0.4) is 0 Å². The van der Waals surface area contributed by atoms with Gasteiger partial charge in [-0.3, -0.25) is 9.36 Å². The maximum atomic E-state index is 13.7. The number of aromatic nitrogens is 4. The molecule has 0 saturated carbocycles. The molecule has 1 amide bonds. The number of amides is 1. The zero-order valence-corrected chi connectivity index (χ0v) is 23.6. The van der Waals surface area contributed by atoms with E-state index in [2.05, 4.69) is 20.3 Å². The lowest BCUT2D eigenvalue weighted by Crippen LogP contribution is -2.58. The van der Waals surface area contributed by atoms with E-state index in [9.17, 15) is 26.4 Å². The maximum Gasteiger partial charge on any atom is 0.433 e. The number of ether oxygens (including phenoxy) is 2. The summed E-state index contributed by atoms with van der Waals surface area (Å²) in [6.45, 7) is 0.902. The van der Waals surface area contributed by atoms with Gasteiger partial charge in [0.1, 0.15) is 25.4 Å². The Morgan fingerprint density at radius 1 is 1.12 bits per heavy atom. The van der Waals surface area contributed by atoms with Gasteiger partial charge in [0.05, 0.1) is 6.04 Å². The molecule has 1 aromatic carbocycles. The first-order chi connectivity index (χ1) is 19.9. The van der Waals surface area contributed by atoms with E-state index in [4.69, 9.17) is 9.47 Å². The van der Waals surface area contributed by atoms with Crippen LogP contribution < -0.4 is 19.7 Å². The number of benzene rings is 1. The Hall–Kier alpha value is -3.96. The third kappa shape index (κ3) is 6.42. The fourth-order valence-electron chi connectivity index (χ4n) is 4.63. The third-order valence-electron chi connectivity index (χ3n) is 6.75. The highest BCUT2D eigenvalue weighted by Gasteiger charge is 2.39. The number of alkyl halides is 3. The highest BCUT2D eigenvalue weighted by atomic mass is 32.2. The number of halogens is 3. The summed E-state index contributed by atoms with van der Waals surface area (Å²) < 4.78 is 82.0. The number of nitrogens with one attached hydrogen (secondary N) is 1. The molecular formula is C25H29F3N8O5S. The van der Waals surface area contributed by atoms with Gasteiger partial charge in [-0.05, 0) is 17.7 Å². The Labute approximate surface area is 240 Å². The Morgan fingerprint density at radius 2 is 1.88 bits per heavy atom. The van der Waals surface area contributed by atoms with Gasteiger partial charge in [0, 0.05) is 65.2 Å². The summed E-state index contributed by atoms with van der Waals surface area (Å²) in [4.78, 5) is 26.3. The lowest BCUT2D eigenvalue weighted by molar-refractivity contribution is -0.141. The van der Waals surface area contributed by atoms with Gasteiger partial charge in [-0.1, -0.05) is 6.07 Å². The molecule has 226 valence electrons. The fourth-order valence-corrected chi connectivity index (χ4v) is 5.88. The Bertz CT molecular complexity index is 1540. The quantitative estimate of drug-likeness (QED) is 0.402. The molecular weight excluding hydrogens is 581 g/mol. The maximum absolute atomic E-state index is 13.7. The number of piperazine rings is 1. The second-order valence-electron chi connectivity index (χ2n) is 9.84. The third-order valence-corrected chi connectivity index (χ3v) is 8.75. The summed E-state index contributed by atoms with van der Waals surface area (Å²) in [6.07, 6.45) is -0.921. The number of fused-ring (bicyclic) bond motifs is 1. The molecule has 4 heterocycles. The first-order valence-corrected chi connectivity index (χ1v) is 14.4. The van der Waals surface area contributed by atoms with Crippen LogP contribution in [0.15, 0.2) is 43.0 Å². The van der Waals surface area contributed by atoms with Gasteiger partial charge in [0.15, 0.2) is 17.2 Å². The predicted octanol–water partition coefficient (Wildman–Crippen LogP) is 1.46. The molecule has 1 saturated heterocycles. The van der Waals surface area contributed by atoms with E-state index in [1.807, 2.05) is 0 Å². The molecule has 0 spiro atoms. The first kappa shape index (κ1) is 29.5. The highest BCUT2D eigenvalue weighted by Crippen LogP contribution is 2.32. The molecule has 5 rings (SSSR count). The van der Waals surface area contributed by atoms with Crippen LogP contribution >= 0.6 is 0 Å². The number of nitrogens with zero attached hydrogens (tertiary/aromatic N) is 7. The van der Waals surface area contributed by atoms with Crippen LogP contribution in [0.1, 0.15) is 17.7 Å². The molecule has 42 heavy (non-hydrogen) atoms. The SMILES string of the molecule is CN(C)S(=O)(=O)N1CCN(c2cc(C(F)(F)F)nc(-n3ccnc3)n2)CC1CC(=O)NCc1ccc2c(c1)OCCO2. The Balaban J connectivity index is 1.37. The van der Waals surface area contributed by atoms with E-state index in [1.54, 1.807) is 18.2 Å². The average molecular weight is 611 g/mol. The molecule has 0 aliphatic carbocycles. The number of rotatable bonds is 8.